The molecule has 98 valence electrons. The van der Waals surface area contributed by atoms with E-state index in [1.54, 1.807) is 30.3 Å². The minimum atomic E-state index is -4.89. The van der Waals surface area contributed by atoms with E-state index in [-0.39, 0.29) is 18.0 Å². The number of carbonyl (C=O) groups excluding carboxylic acids is 1. The average molecular weight is 260 g/mol. The van der Waals surface area contributed by atoms with Crippen LogP contribution in [0.4, 0.5) is 13.2 Å². The lowest BCUT2D eigenvalue weighted by atomic mass is 9.90. The van der Waals surface area contributed by atoms with Crippen LogP contribution in [0.2, 0.25) is 0 Å². The molecule has 0 aromatic heterocycles. The fourth-order valence-corrected chi connectivity index (χ4v) is 1.92. The Hall–Kier alpha value is -1.60. The molecule has 0 spiro atoms. The average Bonchev–Trinajstić information content (AvgIpc) is 2.58. The van der Waals surface area contributed by atoms with Gasteiger partial charge in [0.25, 0.3) is 5.91 Å². The Bertz CT molecular complexity index is 449. The number of carbonyl (C=O) groups is 1. The zero-order valence-electron chi connectivity index (χ0n) is 9.28. The Balaban J connectivity index is 2.21. The molecule has 1 unspecified atom stereocenters. The van der Waals surface area contributed by atoms with Crippen molar-refractivity contribution in [2.45, 2.75) is 18.3 Å². The second kappa shape index (κ2) is 4.25. The Morgan fingerprint density at radius 2 is 1.89 bits per heavy atom. The largest absolute Gasteiger partial charge is 0.544 e. The maximum atomic E-state index is 12.1. The molecule has 0 bridgehead atoms. The Kier molecular flexibility index (Phi) is 3.04. The van der Waals surface area contributed by atoms with Crippen LogP contribution in [0.25, 0.3) is 0 Å². The molecule has 2 rings (SSSR count). The first-order valence-corrected chi connectivity index (χ1v) is 5.25. The van der Waals surface area contributed by atoms with Crippen LogP contribution in [0, 0.1) is 0 Å². The number of alkyl halides is 3. The molecule has 2 N–H and O–H groups in total. The molecule has 0 aliphatic carbocycles. The predicted octanol–water partition coefficient (Wildman–Crippen LogP) is 1.52. The zero-order valence-corrected chi connectivity index (χ0v) is 9.28. The first kappa shape index (κ1) is 12.8. The van der Waals surface area contributed by atoms with Gasteiger partial charge in [0.15, 0.2) is 0 Å². The van der Waals surface area contributed by atoms with Crippen LogP contribution in [0.1, 0.15) is 12.0 Å². The molecule has 1 saturated heterocycles. The van der Waals surface area contributed by atoms with Crippen molar-refractivity contribution in [2.24, 2.45) is 5.73 Å². The first-order valence-electron chi connectivity index (χ1n) is 5.25. The van der Waals surface area contributed by atoms with Gasteiger partial charge in [-0.15, -0.1) is 13.2 Å². The van der Waals surface area contributed by atoms with Gasteiger partial charge >= 0.3 is 6.36 Å². The standard InChI is InChI=1S/C11H11F3N2O2/c12-11(13,14)18-16-7-6-10(15,9(16)17)8-4-2-1-3-5-8/h1-5H,6-7,15H2. The van der Waals surface area contributed by atoms with Crippen LogP contribution in [0.3, 0.4) is 0 Å². The van der Waals surface area contributed by atoms with Crippen molar-refractivity contribution < 1.29 is 22.8 Å². The predicted molar refractivity (Wildman–Crippen MR) is 55.8 cm³/mol. The van der Waals surface area contributed by atoms with E-state index in [1.165, 1.54) is 0 Å². The van der Waals surface area contributed by atoms with Crippen molar-refractivity contribution in [1.29, 1.82) is 0 Å². The molecule has 1 heterocycles. The first-order chi connectivity index (χ1) is 8.33. The van der Waals surface area contributed by atoms with Gasteiger partial charge in [0.05, 0.1) is 6.54 Å². The lowest BCUT2D eigenvalue weighted by Gasteiger charge is -2.23. The number of rotatable bonds is 2. The van der Waals surface area contributed by atoms with Gasteiger partial charge in [-0.1, -0.05) is 30.3 Å². The lowest BCUT2D eigenvalue weighted by molar-refractivity contribution is -0.399. The van der Waals surface area contributed by atoms with Gasteiger partial charge in [-0.05, 0) is 12.0 Å². The van der Waals surface area contributed by atoms with Crippen molar-refractivity contribution in [3.63, 3.8) is 0 Å². The third-order valence-electron chi connectivity index (χ3n) is 2.82. The molecule has 0 radical (unpaired) electrons. The highest BCUT2D eigenvalue weighted by atomic mass is 19.4. The number of hydrogen-bond acceptors (Lipinski definition) is 3. The number of benzene rings is 1. The molecule has 1 amide bonds. The molecule has 1 aliphatic heterocycles. The number of nitrogens with two attached hydrogens (primary N) is 1. The molecule has 0 saturated carbocycles. The van der Waals surface area contributed by atoms with Crippen LogP contribution in [0.5, 0.6) is 0 Å². The van der Waals surface area contributed by atoms with Gasteiger partial charge in [0.1, 0.15) is 5.54 Å². The summed E-state index contributed by atoms with van der Waals surface area (Å²) < 4.78 is 36.2. The third kappa shape index (κ3) is 2.32. The van der Waals surface area contributed by atoms with E-state index in [9.17, 15) is 18.0 Å². The molecule has 1 aromatic carbocycles. The molecule has 1 aliphatic rings. The highest BCUT2D eigenvalue weighted by Gasteiger charge is 2.49. The van der Waals surface area contributed by atoms with Crippen molar-refractivity contribution in [1.82, 2.24) is 5.06 Å². The number of amides is 1. The van der Waals surface area contributed by atoms with Gasteiger partial charge < -0.3 is 5.73 Å². The van der Waals surface area contributed by atoms with Gasteiger partial charge in [0.2, 0.25) is 0 Å². The quantitative estimate of drug-likeness (QED) is 0.877. The van der Waals surface area contributed by atoms with E-state index in [0.29, 0.717) is 5.56 Å². The van der Waals surface area contributed by atoms with Crippen molar-refractivity contribution >= 4 is 5.91 Å². The van der Waals surface area contributed by atoms with E-state index in [4.69, 9.17) is 5.73 Å². The second-order valence-corrected chi connectivity index (χ2v) is 4.03. The van der Waals surface area contributed by atoms with Crippen LogP contribution < -0.4 is 5.73 Å². The summed E-state index contributed by atoms with van der Waals surface area (Å²) in [6, 6.07) is 8.29. The summed E-state index contributed by atoms with van der Waals surface area (Å²) in [7, 11) is 0. The number of hydroxylamine groups is 2. The summed E-state index contributed by atoms with van der Waals surface area (Å²) in [5.41, 5.74) is 4.92. The summed E-state index contributed by atoms with van der Waals surface area (Å²) in [5.74, 6) is -0.883. The van der Waals surface area contributed by atoms with Gasteiger partial charge in [0, 0.05) is 0 Å². The topological polar surface area (TPSA) is 55.6 Å². The van der Waals surface area contributed by atoms with E-state index < -0.39 is 17.8 Å². The van der Waals surface area contributed by atoms with E-state index in [0.717, 1.165) is 0 Å². The summed E-state index contributed by atoms with van der Waals surface area (Å²) in [4.78, 5) is 15.5. The van der Waals surface area contributed by atoms with Crippen molar-refractivity contribution in [3.8, 4) is 0 Å². The second-order valence-electron chi connectivity index (χ2n) is 4.03. The van der Waals surface area contributed by atoms with Gasteiger partial charge in [-0.2, -0.15) is 4.84 Å². The highest BCUT2D eigenvalue weighted by Crippen LogP contribution is 2.33. The number of nitrogens with zero attached hydrogens (tertiary/aromatic N) is 1. The Morgan fingerprint density at radius 3 is 2.44 bits per heavy atom. The molecule has 1 atom stereocenters. The van der Waals surface area contributed by atoms with Crippen molar-refractivity contribution in [3.05, 3.63) is 35.9 Å². The Morgan fingerprint density at radius 1 is 1.28 bits per heavy atom. The van der Waals surface area contributed by atoms with Crippen molar-refractivity contribution in [2.75, 3.05) is 6.54 Å². The molecule has 18 heavy (non-hydrogen) atoms. The van der Waals surface area contributed by atoms with Gasteiger partial charge in [-0.25, -0.2) is 5.06 Å². The summed E-state index contributed by atoms with van der Waals surface area (Å²) in [6.45, 7) is -0.191. The fraction of sp³-hybridized carbons (Fsp3) is 0.364. The van der Waals surface area contributed by atoms with Gasteiger partial charge in [-0.3, -0.25) is 4.79 Å². The van der Waals surface area contributed by atoms with Crippen LogP contribution in [-0.4, -0.2) is 23.9 Å². The number of halogens is 3. The smallest absolute Gasteiger partial charge is 0.313 e. The zero-order chi connectivity index (χ0) is 13.4. The summed E-state index contributed by atoms with van der Waals surface area (Å²) in [6.07, 6.45) is -4.82. The van der Waals surface area contributed by atoms with Crippen LogP contribution >= 0.6 is 0 Å². The van der Waals surface area contributed by atoms with E-state index in [2.05, 4.69) is 4.84 Å². The molecular weight excluding hydrogens is 249 g/mol. The summed E-state index contributed by atoms with van der Waals surface area (Å²) in [5, 5.41) is 0.271. The molecule has 4 nitrogen and oxygen atoms in total. The van der Waals surface area contributed by atoms with E-state index in [1.807, 2.05) is 0 Å². The molecular formula is C11H11F3N2O2. The third-order valence-corrected chi connectivity index (χ3v) is 2.82. The minimum Gasteiger partial charge on any atom is -0.313 e. The van der Waals surface area contributed by atoms with E-state index >= 15 is 0 Å². The fourth-order valence-electron chi connectivity index (χ4n) is 1.92. The maximum Gasteiger partial charge on any atom is 0.544 e. The Labute approximate surface area is 101 Å². The monoisotopic (exact) mass is 260 g/mol. The molecule has 1 fully saturated rings. The number of hydrogen-bond donors (Lipinski definition) is 1. The molecule has 1 aromatic rings. The maximum absolute atomic E-state index is 12.1. The molecule has 7 heteroatoms. The van der Waals surface area contributed by atoms with Crippen LogP contribution in [0.15, 0.2) is 30.3 Å². The lowest BCUT2D eigenvalue weighted by Crippen LogP contribution is -2.46. The normalized spacial score (nSPS) is 24.7. The highest BCUT2D eigenvalue weighted by molar-refractivity contribution is 5.88. The SMILES string of the molecule is NC1(c2ccccc2)CCN(OC(F)(F)F)C1=O. The minimum absolute atomic E-state index is 0.0753. The van der Waals surface area contributed by atoms with Crippen LogP contribution in [-0.2, 0) is 15.2 Å². The summed E-state index contributed by atoms with van der Waals surface area (Å²) >= 11 is 0.